The summed E-state index contributed by atoms with van der Waals surface area (Å²) in [6.45, 7) is 0.436. The molecule has 1 aromatic rings. The minimum absolute atomic E-state index is 0.436. The summed E-state index contributed by atoms with van der Waals surface area (Å²) in [6.07, 6.45) is 1.93. The number of methoxy groups -OCH3 is 1. The molecule has 0 unspecified atom stereocenters. The van der Waals surface area contributed by atoms with E-state index < -0.39 is 0 Å². The van der Waals surface area contributed by atoms with Crippen LogP contribution in [-0.2, 0) is 4.74 Å². The Morgan fingerprint density at radius 1 is 1.42 bits per heavy atom. The molecule has 0 spiro atoms. The molecule has 64 valence electrons. The summed E-state index contributed by atoms with van der Waals surface area (Å²) in [5.41, 5.74) is 6.55. The van der Waals surface area contributed by atoms with Crippen molar-refractivity contribution in [3.8, 4) is 0 Å². The zero-order chi connectivity index (χ0) is 8.81. The molecule has 0 bridgehead atoms. The Hall–Kier alpha value is -1.28. The van der Waals surface area contributed by atoms with Gasteiger partial charge in [0.2, 0.25) is 0 Å². The van der Waals surface area contributed by atoms with Gasteiger partial charge in [-0.1, -0.05) is 30.3 Å². The highest BCUT2D eigenvalue weighted by atomic mass is 16.5. The zero-order valence-corrected chi connectivity index (χ0v) is 7.16. The first kappa shape index (κ1) is 8.81. The van der Waals surface area contributed by atoms with Gasteiger partial charge in [-0.05, 0) is 11.6 Å². The van der Waals surface area contributed by atoms with E-state index in [2.05, 4.69) is 0 Å². The Bertz CT molecular complexity index is 248. The monoisotopic (exact) mass is 163 g/mol. The molecule has 1 rings (SSSR count). The van der Waals surface area contributed by atoms with Gasteiger partial charge in [-0.25, -0.2) is 0 Å². The van der Waals surface area contributed by atoms with E-state index in [-0.39, 0.29) is 0 Å². The van der Waals surface area contributed by atoms with Crippen LogP contribution in [0.4, 0.5) is 0 Å². The fourth-order valence-electron chi connectivity index (χ4n) is 0.936. The first-order valence-corrected chi connectivity index (χ1v) is 3.86. The Labute approximate surface area is 72.7 Å². The second-order valence-electron chi connectivity index (χ2n) is 2.43. The molecule has 0 aliphatic rings. The standard InChI is InChI=1S/C10H13NO/c1-12-10(8-11)7-9-5-3-2-4-6-9/h2-7H,8,11H2,1H3. The molecule has 0 atom stereocenters. The summed E-state index contributed by atoms with van der Waals surface area (Å²) < 4.78 is 5.04. The summed E-state index contributed by atoms with van der Waals surface area (Å²) >= 11 is 0. The molecular formula is C10H13NO. The van der Waals surface area contributed by atoms with Crippen LogP contribution in [0.2, 0.25) is 0 Å². The van der Waals surface area contributed by atoms with Gasteiger partial charge in [0.25, 0.3) is 0 Å². The van der Waals surface area contributed by atoms with Gasteiger partial charge in [0.05, 0.1) is 13.7 Å². The smallest absolute Gasteiger partial charge is 0.110 e. The summed E-state index contributed by atoms with van der Waals surface area (Å²) in [5.74, 6) is 0.793. The van der Waals surface area contributed by atoms with E-state index >= 15 is 0 Å². The number of hydrogen-bond acceptors (Lipinski definition) is 2. The van der Waals surface area contributed by atoms with Crippen molar-refractivity contribution in [3.63, 3.8) is 0 Å². The predicted octanol–water partition coefficient (Wildman–Crippen LogP) is 1.63. The van der Waals surface area contributed by atoms with Gasteiger partial charge in [-0.3, -0.25) is 0 Å². The molecule has 1 aromatic carbocycles. The van der Waals surface area contributed by atoms with Crippen molar-refractivity contribution in [3.05, 3.63) is 41.7 Å². The molecule has 0 radical (unpaired) electrons. The van der Waals surface area contributed by atoms with Crippen molar-refractivity contribution < 1.29 is 4.74 Å². The second-order valence-corrected chi connectivity index (χ2v) is 2.43. The molecule has 0 aliphatic carbocycles. The third-order valence-corrected chi connectivity index (χ3v) is 1.59. The molecule has 0 amide bonds. The van der Waals surface area contributed by atoms with Gasteiger partial charge < -0.3 is 10.5 Å². The average Bonchev–Trinajstić information content (AvgIpc) is 2.16. The van der Waals surface area contributed by atoms with Gasteiger partial charge in [0.1, 0.15) is 5.76 Å². The number of ether oxygens (including phenoxy) is 1. The second kappa shape index (κ2) is 4.57. The van der Waals surface area contributed by atoms with Crippen molar-refractivity contribution in [1.82, 2.24) is 0 Å². The summed E-state index contributed by atoms with van der Waals surface area (Å²) in [6, 6.07) is 9.96. The molecule has 2 nitrogen and oxygen atoms in total. The van der Waals surface area contributed by atoms with Crippen LogP contribution in [0.15, 0.2) is 36.1 Å². The van der Waals surface area contributed by atoms with Crippen LogP contribution in [-0.4, -0.2) is 13.7 Å². The zero-order valence-electron chi connectivity index (χ0n) is 7.16. The van der Waals surface area contributed by atoms with Crippen molar-refractivity contribution in [2.45, 2.75) is 0 Å². The van der Waals surface area contributed by atoms with Crippen LogP contribution in [0.5, 0.6) is 0 Å². The van der Waals surface area contributed by atoms with E-state index in [9.17, 15) is 0 Å². The van der Waals surface area contributed by atoms with Gasteiger partial charge in [0.15, 0.2) is 0 Å². The highest BCUT2D eigenvalue weighted by Gasteiger charge is 1.91. The Kier molecular flexibility index (Phi) is 3.35. The molecular weight excluding hydrogens is 150 g/mol. The van der Waals surface area contributed by atoms with E-state index in [1.54, 1.807) is 7.11 Å². The summed E-state index contributed by atoms with van der Waals surface area (Å²) in [7, 11) is 1.63. The lowest BCUT2D eigenvalue weighted by Gasteiger charge is -2.01. The van der Waals surface area contributed by atoms with Gasteiger partial charge >= 0.3 is 0 Å². The molecule has 12 heavy (non-hydrogen) atoms. The van der Waals surface area contributed by atoms with Crippen LogP contribution in [0.1, 0.15) is 5.56 Å². The molecule has 0 heterocycles. The Morgan fingerprint density at radius 2 is 2.08 bits per heavy atom. The Balaban J connectivity index is 2.79. The first-order valence-electron chi connectivity index (χ1n) is 3.86. The maximum Gasteiger partial charge on any atom is 0.110 e. The number of nitrogens with two attached hydrogens (primary N) is 1. The number of hydrogen-bond donors (Lipinski definition) is 1. The predicted molar refractivity (Wildman–Crippen MR) is 50.5 cm³/mol. The van der Waals surface area contributed by atoms with E-state index in [1.807, 2.05) is 36.4 Å². The highest BCUT2D eigenvalue weighted by Crippen LogP contribution is 2.05. The van der Waals surface area contributed by atoms with Crippen molar-refractivity contribution >= 4 is 6.08 Å². The van der Waals surface area contributed by atoms with Crippen LogP contribution in [0.25, 0.3) is 6.08 Å². The van der Waals surface area contributed by atoms with Gasteiger partial charge in [0, 0.05) is 0 Å². The first-order chi connectivity index (χ1) is 5.86. The third kappa shape index (κ3) is 2.40. The van der Waals surface area contributed by atoms with E-state index in [0.29, 0.717) is 6.54 Å². The molecule has 0 aliphatic heterocycles. The van der Waals surface area contributed by atoms with Crippen LogP contribution in [0, 0.1) is 0 Å². The molecule has 0 aromatic heterocycles. The fourth-order valence-corrected chi connectivity index (χ4v) is 0.936. The van der Waals surface area contributed by atoms with Crippen molar-refractivity contribution in [2.75, 3.05) is 13.7 Å². The maximum atomic E-state index is 5.44. The van der Waals surface area contributed by atoms with E-state index in [4.69, 9.17) is 10.5 Å². The van der Waals surface area contributed by atoms with Crippen molar-refractivity contribution in [2.24, 2.45) is 5.73 Å². The van der Waals surface area contributed by atoms with Crippen molar-refractivity contribution in [1.29, 1.82) is 0 Å². The molecule has 0 fully saturated rings. The van der Waals surface area contributed by atoms with E-state index in [1.165, 1.54) is 0 Å². The molecule has 0 saturated heterocycles. The van der Waals surface area contributed by atoms with Crippen LogP contribution in [0.3, 0.4) is 0 Å². The number of benzene rings is 1. The lowest BCUT2D eigenvalue weighted by atomic mass is 10.2. The largest absolute Gasteiger partial charge is 0.500 e. The third-order valence-electron chi connectivity index (χ3n) is 1.59. The highest BCUT2D eigenvalue weighted by molar-refractivity contribution is 5.51. The van der Waals surface area contributed by atoms with Gasteiger partial charge in [-0.15, -0.1) is 0 Å². The molecule has 2 N–H and O–H groups in total. The molecule has 0 saturated carbocycles. The quantitative estimate of drug-likeness (QED) is 0.687. The lowest BCUT2D eigenvalue weighted by molar-refractivity contribution is 0.291. The normalized spacial score (nSPS) is 11.3. The topological polar surface area (TPSA) is 35.2 Å². The lowest BCUT2D eigenvalue weighted by Crippen LogP contribution is -2.04. The average molecular weight is 163 g/mol. The summed E-state index contributed by atoms with van der Waals surface area (Å²) in [5, 5.41) is 0. The van der Waals surface area contributed by atoms with E-state index in [0.717, 1.165) is 11.3 Å². The van der Waals surface area contributed by atoms with Crippen LogP contribution >= 0.6 is 0 Å². The minimum atomic E-state index is 0.436. The maximum absolute atomic E-state index is 5.44. The SMILES string of the molecule is COC(=Cc1ccccc1)CN. The van der Waals surface area contributed by atoms with Crippen LogP contribution < -0.4 is 5.73 Å². The molecule has 2 heteroatoms. The fraction of sp³-hybridized carbons (Fsp3) is 0.200. The van der Waals surface area contributed by atoms with Gasteiger partial charge in [-0.2, -0.15) is 0 Å². The summed E-state index contributed by atoms with van der Waals surface area (Å²) in [4.78, 5) is 0. The minimum Gasteiger partial charge on any atom is -0.500 e. The number of rotatable bonds is 3. The Morgan fingerprint density at radius 3 is 2.58 bits per heavy atom.